The van der Waals surface area contributed by atoms with Crippen LogP contribution < -0.4 is 5.73 Å². The first-order valence-corrected chi connectivity index (χ1v) is 5.40. The maximum Gasteiger partial charge on any atom is 0.217 e. The van der Waals surface area contributed by atoms with Crippen molar-refractivity contribution in [3.05, 3.63) is 12.2 Å². The molecule has 100 valence electrons. The molecular formula is C8H12ClN5O4. The van der Waals surface area contributed by atoms with Crippen molar-refractivity contribution in [2.45, 2.75) is 24.5 Å². The van der Waals surface area contributed by atoms with Crippen molar-refractivity contribution in [2.24, 2.45) is 10.2 Å². The first-order chi connectivity index (χ1) is 8.58. The molecule has 0 aliphatic carbocycles. The fourth-order valence-corrected chi connectivity index (χ4v) is 1.73. The summed E-state index contributed by atoms with van der Waals surface area (Å²) in [6.07, 6.45) is -3.01. The Morgan fingerprint density at radius 1 is 1.56 bits per heavy atom. The second-order valence-electron chi connectivity index (χ2n) is 3.75. The number of rotatable bonds is 3. The van der Waals surface area contributed by atoms with E-state index in [1.54, 1.807) is 0 Å². The SMILES string of the molecule is N/C(=N/Cl)c1ncn(C2OC(CO)C(O)C2O)n1. The Bertz CT molecular complexity index is 452. The van der Waals surface area contributed by atoms with E-state index >= 15 is 0 Å². The van der Waals surface area contributed by atoms with E-state index in [0.717, 1.165) is 0 Å². The van der Waals surface area contributed by atoms with E-state index < -0.39 is 31.1 Å². The van der Waals surface area contributed by atoms with Gasteiger partial charge in [-0.2, -0.15) is 4.51 Å². The first kappa shape index (κ1) is 13.2. The minimum absolute atomic E-state index is 0.0720. The van der Waals surface area contributed by atoms with E-state index in [0.29, 0.717) is 0 Å². The highest BCUT2D eigenvalue weighted by molar-refractivity contribution is 6.21. The lowest BCUT2D eigenvalue weighted by Crippen LogP contribution is -2.33. The first-order valence-electron chi connectivity index (χ1n) is 5.07. The van der Waals surface area contributed by atoms with Gasteiger partial charge in [0.1, 0.15) is 24.6 Å². The molecule has 0 aromatic carbocycles. The molecule has 1 saturated heterocycles. The zero-order chi connectivity index (χ0) is 13.3. The average Bonchev–Trinajstić information content (AvgIpc) is 2.96. The van der Waals surface area contributed by atoms with E-state index in [4.69, 9.17) is 27.4 Å². The Kier molecular flexibility index (Phi) is 3.78. The quantitative estimate of drug-likeness (QED) is 0.361. The minimum atomic E-state index is -1.23. The number of nitrogens with zero attached hydrogens (tertiary/aromatic N) is 4. The molecule has 1 aliphatic heterocycles. The summed E-state index contributed by atoms with van der Waals surface area (Å²) in [6, 6.07) is 0. The van der Waals surface area contributed by atoms with E-state index in [1.165, 1.54) is 11.0 Å². The Hall–Kier alpha value is -1.26. The number of hydrogen-bond acceptors (Lipinski definition) is 7. The normalized spacial score (nSPS) is 33.0. The van der Waals surface area contributed by atoms with Crippen LogP contribution in [0.25, 0.3) is 0 Å². The molecule has 2 rings (SSSR count). The van der Waals surface area contributed by atoms with Gasteiger partial charge in [-0.1, -0.05) is 0 Å². The van der Waals surface area contributed by atoms with Crippen LogP contribution in [0, 0.1) is 0 Å². The molecule has 0 spiro atoms. The van der Waals surface area contributed by atoms with Gasteiger partial charge in [0.25, 0.3) is 0 Å². The summed E-state index contributed by atoms with van der Waals surface area (Å²) in [5.41, 5.74) is 5.41. The standard InChI is InChI=1S/C8H12ClN5O4/c9-12-6(10)7-11-2-14(13-7)8-5(17)4(16)3(1-15)18-8/h2-5,8,15-17H,1H2,(H2,10,12). The third-order valence-corrected chi connectivity index (χ3v) is 2.79. The Morgan fingerprint density at radius 3 is 2.83 bits per heavy atom. The average molecular weight is 278 g/mol. The van der Waals surface area contributed by atoms with Crippen molar-refractivity contribution in [3.63, 3.8) is 0 Å². The van der Waals surface area contributed by atoms with Crippen molar-refractivity contribution in [1.29, 1.82) is 0 Å². The van der Waals surface area contributed by atoms with Gasteiger partial charge in [0.05, 0.1) is 6.61 Å². The van der Waals surface area contributed by atoms with Crippen LogP contribution in [-0.2, 0) is 4.74 Å². The number of hydrogen-bond donors (Lipinski definition) is 4. The lowest BCUT2D eigenvalue weighted by molar-refractivity contribution is -0.0588. The van der Waals surface area contributed by atoms with Crippen LogP contribution >= 0.6 is 11.8 Å². The Labute approximate surface area is 107 Å². The van der Waals surface area contributed by atoms with Gasteiger partial charge in [0.15, 0.2) is 12.1 Å². The molecule has 5 N–H and O–H groups in total. The molecule has 10 heteroatoms. The molecule has 9 nitrogen and oxygen atoms in total. The maximum absolute atomic E-state index is 9.76. The second kappa shape index (κ2) is 5.16. The van der Waals surface area contributed by atoms with Crippen LogP contribution in [0.2, 0.25) is 0 Å². The predicted molar refractivity (Wildman–Crippen MR) is 59.6 cm³/mol. The van der Waals surface area contributed by atoms with Crippen LogP contribution in [0.4, 0.5) is 0 Å². The van der Waals surface area contributed by atoms with Gasteiger partial charge in [-0.05, 0) is 0 Å². The second-order valence-corrected chi connectivity index (χ2v) is 3.92. The largest absolute Gasteiger partial charge is 0.394 e. The van der Waals surface area contributed by atoms with Crippen molar-refractivity contribution < 1.29 is 20.1 Å². The summed E-state index contributed by atoms with van der Waals surface area (Å²) in [6.45, 7) is -0.415. The third kappa shape index (κ3) is 2.18. The molecule has 2 heterocycles. The summed E-state index contributed by atoms with van der Waals surface area (Å²) in [4.78, 5) is 3.82. The summed E-state index contributed by atoms with van der Waals surface area (Å²) >= 11 is 5.17. The summed E-state index contributed by atoms with van der Waals surface area (Å²) in [5.74, 6) is -0.00935. The Morgan fingerprint density at radius 2 is 2.28 bits per heavy atom. The topological polar surface area (TPSA) is 139 Å². The van der Waals surface area contributed by atoms with Crippen LogP contribution in [0.3, 0.4) is 0 Å². The van der Waals surface area contributed by atoms with Gasteiger partial charge < -0.3 is 25.8 Å². The van der Waals surface area contributed by atoms with Crippen molar-refractivity contribution in [1.82, 2.24) is 14.8 Å². The molecular weight excluding hydrogens is 266 g/mol. The number of aliphatic hydroxyl groups excluding tert-OH is 3. The fourth-order valence-electron chi connectivity index (χ4n) is 1.65. The van der Waals surface area contributed by atoms with Gasteiger partial charge >= 0.3 is 0 Å². The summed E-state index contributed by atoms with van der Waals surface area (Å²) in [7, 11) is 0. The molecule has 1 fully saturated rings. The zero-order valence-corrected chi connectivity index (χ0v) is 9.84. The predicted octanol–water partition coefficient (Wildman–Crippen LogP) is -2.25. The number of nitrogens with two attached hydrogens (primary N) is 1. The van der Waals surface area contributed by atoms with Crippen molar-refractivity contribution >= 4 is 17.6 Å². The number of amidine groups is 1. The maximum atomic E-state index is 9.76. The molecule has 18 heavy (non-hydrogen) atoms. The molecule has 1 aliphatic rings. The van der Waals surface area contributed by atoms with Crippen LogP contribution in [-0.4, -0.2) is 60.8 Å². The van der Waals surface area contributed by atoms with Crippen molar-refractivity contribution in [2.75, 3.05) is 6.61 Å². The molecule has 0 amide bonds. The number of aliphatic hydroxyl groups is 3. The van der Waals surface area contributed by atoms with Gasteiger partial charge in [-0.3, -0.25) is 0 Å². The van der Waals surface area contributed by atoms with Crippen LogP contribution in [0.1, 0.15) is 12.1 Å². The molecule has 1 aromatic heterocycles. The minimum Gasteiger partial charge on any atom is -0.394 e. The fraction of sp³-hybridized carbons (Fsp3) is 0.625. The van der Waals surface area contributed by atoms with E-state index in [2.05, 4.69) is 14.6 Å². The number of ether oxygens (including phenoxy) is 1. The highest BCUT2D eigenvalue weighted by Crippen LogP contribution is 2.28. The van der Waals surface area contributed by atoms with Gasteiger partial charge in [-0.15, -0.1) is 5.10 Å². The summed E-state index contributed by atoms with van der Waals surface area (Å²) in [5, 5.41) is 32.2. The lowest BCUT2D eigenvalue weighted by Gasteiger charge is -2.13. The van der Waals surface area contributed by atoms with Gasteiger partial charge in [-0.25, -0.2) is 9.67 Å². The monoisotopic (exact) mass is 277 g/mol. The Balaban J connectivity index is 2.20. The molecule has 0 radical (unpaired) electrons. The van der Waals surface area contributed by atoms with Crippen LogP contribution in [0.5, 0.6) is 0 Å². The van der Waals surface area contributed by atoms with Crippen LogP contribution in [0.15, 0.2) is 10.8 Å². The lowest BCUT2D eigenvalue weighted by atomic mass is 10.1. The van der Waals surface area contributed by atoms with E-state index in [9.17, 15) is 10.2 Å². The molecule has 4 unspecified atom stereocenters. The van der Waals surface area contributed by atoms with E-state index in [1.807, 2.05) is 0 Å². The summed E-state index contributed by atoms with van der Waals surface area (Å²) < 4.78 is 9.62. The third-order valence-electron chi connectivity index (χ3n) is 2.61. The number of aromatic nitrogens is 3. The van der Waals surface area contributed by atoms with Crippen molar-refractivity contribution in [3.8, 4) is 0 Å². The smallest absolute Gasteiger partial charge is 0.217 e. The highest BCUT2D eigenvalue weighted by Gasteiger charge is 2.43. The highest BCUT2D eigenvalue weighted by atomic mass is 35.5. The van der Waals surface area contributed by atoms with Gasteiger partial charge in [0.2, 0.25) is 5.82 Å². The van der Waals surface area contributed by atoms with E-state index in [-0.39, 0.29) is 11.7 Å². The van der Waals surface area contributed by atoms with Gasteiger partial charge in [0, 0.05) is 11.8 Å². The molecule has 0 saturated carbocycles. The zero-order valence-electron chi connectivity index (χ0n) is 9.09. The number of halogens is 1. The molecule has 1 aromatic rings. The molecule has 0 bridgehead atoms. The molecule has 4 atom stereocenters.